The largest absolute Gasteiger partial charge is 0.438 e. The Morgan fingerprint density at radius 2 is 2.15 bits per heavy atom. The average molecular weight is 274 g/mol. The fourth-order valence-corrected chi connectivity index (χ4v) is 1.84. The van der Waals surface area contributed by atoms with Crippen molar-refractivity contribution in [3.63, 3.8) is 0 Å². The minimum Gasteiger partial charge on any atom is -0.438 e. The molecule has 4 heteroatoms. The summed E-state index contributed by atoms with van der Waals surface area (Å²) in [5.41, 5.74) is 1.84. The average Bonchev–Trinajstić information content (AvgIpc) is 2.45. The lowest BCUT2D eigenvalue weighted by molar-refractivity contribution is 0.445. The van der Waals surface area contributed by atoms with Gasteiger partial charge < -0.3 is 10.1 Å². The summed E-state index contributed by atoms with van der Waals surface area (Å²) in [7, 11) is 0. The minimum absolute atomic E-state index is 0.313. The zero-order valence-electron chi connectivity index (χ0n) is 11.8. The second-order valence-corrected chi connectivity index (χ2v) is 4.66. The summed E-state index contributed by atoms with van der Waals surface area (Å²) in [6.07, 6.45) is 2.74. The molecule has 0 fully saturated rings. The number of pyridine rings is 1. The number of halogens is 1. The third-order valence-corrected chi connectivity index (χ3v) is 2.95. The predicted molar refractivity (Wildman–Crippen MR) is 77.4 cm³/mol. The molecule has 0 atom stereocenters. The number of benzene rings is 1. The molecule has 1 aromatic heterocycles. The molecule has 20 heavy (non-hydrogen) atoms. The van der Waals surface area contributed by atoms with E-state index < -0.39 is 0 Å². The first-order valence-corrected chi connectivity index (χ1v) is 6.79. The first-order valence-electron chi connectivity index (χ1n) is 6.79. The second-order valence-electron chi connectivity index (χ2n) is 4.66. The molecule has 0 amide bonds. The quantitative estimate of drug-likeness (QED) is 0.813. The summed E-state index contributed by atoms with van der Waals surface area (Å²) >= 11 is 0. The van der Waals surface area contributed by atoms with Gasteiger partial charge in [0.15, 0.2) is 0 Å². The lowest BCUT2D eigenvalue weighted by Crippen LogP contribution is -2.14. The van der Waals surface area contributed by atoms with E-state index in [1.54, 1.807) is 12.3 Å². The molecule has 106 valence electrons. The van der Waals surface area contributed by atoms with Gasteiger partial charge in [0.05, 0.1) is 0 Å². The van der Waals surface area contributed by atoms with Crippen molar-refractivity contribution in [1.82, 2.24) is 10.3 Å². The Bertz CT molecular complexity index is 572. The third-order valence-electron chi connectivity index (χ3n) is 2.95. The van der Waals surface area contributed by atoms with Gasteiger partial charge in [-0.1, -0.05) is 19.1 Å². The molecule has 1 N–H and O–H groups in total. The zero-order valence-corrected chi connectivity index (χ0v) is 11.8. The molecule has 0 bridgehead atoms. The summed E-state index contributed by atoms with van der Waals surface area (Å²) in [6.45, 7) is 5.62. The van der Waals surface area contributed by atoms with Crippen LogP contribution < -0.4 is 10.1 Å². The van der Waals surface area contributed by atoms with Crippen LogP contribution in [0.25, 0.3) is 0 Å². The number of hydrogen-bond donors (Lipinski definition) is 1. The molecule has 2 aromatic rings. The summed E-state index contributed by atoms with van der Waals surface area (Å²) in [5.74, 6) is 0.706. The zero-order chi connectivity index (χ0) is 14.4. The predicted octanol–water partition coefficient (Wildman–Crippen LogP) is 3.82. The monoisotopic (exact) mass is 274 g/mol. The number of ether oxygens (including phenoxy) is 1. The van der Waals surface area contributed by atoms with Crippen LogP contribution in [0.1, 0.15) is 24.5 Å². The minimum atomic E-state index is -0.313. The van der Waals surface area contributed by atoms with E-state index in [1.807, 2.05) is 19.1 Å². The van der Waals surface area contributed by atoms with Crippen LogP contribution in [0.15, 0.2) is 36.5 Å². The fourth-order valence-electron chi connectivity index (χ4n) is 1.84. The topological polar surface area (TPSA) is 34.2 Å². The highest BCUT2D eigenvalue weighted by molar-refractivity contribution is 5.37. The van der Waals surface area contributed by atoms with E-state index in [0.717, 1.165) is 24.1 Å². The van der Waals surface area contributed by atoms with Crippen LogP contribution in [0.5, 0.6) is 11.6 Å². The normalized spacial score (nSPS) is 10.6. The van der Waals surface area contributed by atoms with E-state index in [1.165, 1.54) is 12.1 Å². The molecular weight excluding hydrogens is 255 g/mol. The van der Waals surface area contributed by atoms with Crippen LogP contribution in [0.3, 0.4) is 0 Å². The van der Waals surface area contributed by atoms with Gasteiger partial charge in [-0.2, -0.15) is 0 Å². The maximum absolute atomic E-state index is 13.3. The molecule has 1 aromatic carbocycles. The fraction of sp³-hybridized carbons (Fsp3) is 0.312. The van der Waals surface area contributed by atoms with Crippen molar-refractivity contribution in [1.29, 1.82) is 0 Å². The molecule has 0 aliphatic heterocycles. The second kappa shape index (κ2) is 7.01. The number of aromatic nitrogens is 1. The molecule has 2 rings (SSSR count). The van der Waals surface area contributed by atoms with Crippen molar-refractivity contribution < 1.29 is 9.13 Å². The Kier molecular flexibility index (Phi) is 5.07. The van der Waals surface area contributed by atoms with Gasteiger partial charge in [0.25, 0.3) is 0 Å². The van der Waals surface area contributed by atoms with Gasteiger partial charge in [-0.05, 0) is 37.6 Å². The molecule has 0 saturated carbocycles. The van der Waals surface area contributed by atoms with E-state index in [2.05, 4.69) is 17.2 Å². The van der Waals surface area contributed by atoms with Crippen molar-refractivity contribution in [2.45, 2.75) is 26.8 Å². The van der Waals surface area contributed by atoms with Crippen molar-refractivity contribution >= 4 is 0 Å². The van der Waals surface area contributed by atoms with Crippen molar-refractivity contribution in [2.24, 2.45) is 0 Å². The number of nitrogens with zero attached hydrogens (tertiary/aromatic N) is 1. The summed E-state index contributed by atoms with van der Waals surface area (Å²) in [5, 5.41) is 3.31. The molecule has 0 aliphatic carbocycles. The van der Waals surface area contributed by atoms with E-state index in [-0.39, 0.29) is 5.82 Å². The number of aryl methyl sites for hydroxylation is 1. The Labute approximate surface area is 118 Å². The van der Waals surface area contributed by atoms with Gasteiger partial charge in [0, 0.05) is 24.4 Å². The number of rotatable bonds is 6. The first-order chi connectivity index (χ1) is 9.70. The third kappa shape index (κ3) is 3.78. The molecule has 0 aliphatic rings. The smallest absolute Gasteiger partial charge is 0.223 e. The van der Waals surface area contributed by atoms with Gasteiger partial charge in [0.2, 0.25) is 5.88 Å². The first kappa shape index (κ1) is 14.5. The number of nitrogens with one attached hydrogen (secondary N) is 1. The van der Waals surface area contributed by atoms with Crippen molar-refractivity contribution in [2.75, 3.05) is 6.54 Å². The summed E-state index contributed by atoms with van der Waals surface area (Å²) in [6, 6.07) is 8.33. The highest BCUT2D eigenvalue weighted by Gasteiger charge is 2.08. The number of hydrogen-bond acceptors (Lipinski definition) is 3. The van der Waals surface area contributed by atoms with Crippen LogP contribution in [0.2, 0.25) is 0 Å². The van der Waals surface area contributed by atoms with Crippen LogP contribution >= 0.6 is 0 Å². The van der Waals surface area contributed by atoms with Crippen molar-refractivity contribution in [3.8, 4) is 11.6 Å². The summed E-state index contributed by atoms with van der Waals surface area (Å²) in [4.78, 5) is 4.24. The Balaban J connectivity index is 2.18. The maximum atomic E-state index is 13.3. The van der Waals surface area contributed by atoms with Gasteiger partial charge in [-0.3, -0.25) is 0 Å². The van der Waals surface area contributed by atoms with E-state index >= 15 is 0 Å². The van der Waals surface area contributed by atoms with E-state index in [4.69, 9.17) is 4.74 Å². The summed E-state index contributed by atoms with van der Waals surface area (Å²) < 4.78 is 19.0. The highest BCUT2D eigenvalue weighted by atomic mass is 19.1. The van der Waals surface area contributed by atoms with Gasteiger partial charge in [-0.25, -0.2) is 9.37 Å². The highest BCUT2D eigenvalue weighted by Crippen LogP contribution is 2.26. The van der Waals surface area contributed by atoms with Crippen LogP contribution in [0, 0.1) is 12.7 Å². The van der Waals surface area contributed by atoms with E-state index in [9.17, 15) is 4.39 Å². The molecule has 0 saturated heterocycles. The van der Waals surface area contributed by atoms with Gasteiger partial charge >= 0.3 is 0 Å². The SMILES string of the molecule is CCCNCc1cccnc1Oc1cc(F)ccc1C. The Morgan fingerprint density at radius 3 is 2.95 bits per heavy atom. The van der Waals surface area contributed by atoms with Gasteiger partial charge in [0.1, 0.15) is 11.6 Å². The lowest BCUT2D eigenvalue weighted by atomic mass is 10.2. The molecular formula is C16H19FN2O. The molecule has 1 heterocycles. The van der Waals surface area contributed by atoms with Crippen LogP contribution in [0.4, 0.5) is 4.39 Å². The molecule has 3 nitrogen and oxygen atoms in total. The molecule has 0 unspecified atom stereocenters. The Morgan fingerprint density at radius 1 is 1.30 bits per heavy atom. The van der Waals surface area contributed by atoms with E-state index in [0.29, 0.717) is 18.2 Å². The Hall–Kier alpha value is -1.94. The lowest BCUT2D eigenvalue weighted by Gasteiger charge is -2.12. The van der Waals surface area contributed by atoms with Gasteiger partial charge in [-0.15, -0.1) is 0 Å². The molecule has 0 spiro atoms. The van der Waals surface area contributed by atoms with Crippen LogP contribution in [-0.2, 0) is 6.54 Å². The standard InChI is InChI=1S/C16H19FN2O/c1-3-8-18-11-13-5-4-9-19-16(13)20-15-10-14(17)7-6-12(15)2/h4-7,9-10,18H,3,8,11H2,1-2H3. The van der Waals surface area contributed by atoms with Crippen molar-refractivity contribution in [3.05, 3.63) is 53.5 Å². The van der Waals surface area contributed by atoms with Crippen LogP contribution in [-0.4, -0.2) is 11.5 Å². The maximum Gasteiger partial charge on any atom is 0.223 e. The molecule has 0 radical (unpaired) electrons.